The van der Waals surface area contributed by atoms with Crippen LogP contribution in [0.2, 0.25) is 5.02 Å². The van der Waals surface area contributed by atoms with Crippen molar-refractivity contribution in [3.05, 3.63) is 23.2 Å². The number of nitrogens with two attached hydrogens (primary N) is 1. The van der Waals surface area contributed by atoms with Gasteiger partial charge in [-0.2, -0.15) is 0 Å². The molecule has 0 spiro atoms. The summed E-state index contributed by atoms with van der Waals surface area (Å²) in [7, 11) is -3.66. The minimum Gasteiger partial charge on any atom is -0.398 e. The Kier molecular flexibility index (Phi) is 4.94. The number of rotatable bonds is 3. The Balaban J connectivity index is 2.19. The molecule has 0 amide bonds. The molecule has 0 aliphatic heterocycles. The summed E-state index contributed by atoms with van der Waals surface area (Å²) in [5.74, 6) is 0.662. The van der Waals surface area contributed by atoms with Crippen LogP contribution in [0.25, 0.3) is 0 Å². The molecule has 1 saturated carbocycles. The van der Waals surface area contributed by atoms with E-state index in [2.05, 4.69) is 11.6 Å². The predicted octanol–water partition coefficient (Wildman–Crippen LogP) is 3.17. The molecule has 2 unspecified atom stereocenters. The maximum atomic E-state index is 12.5. The van der Waals surface area contributed by atoms with E-state index in [9.17, 15) is 8.42 Å². The lowest BCUT2D eigenvalue weighted by Gasteiger charge is -2.18. The number of halogens is 1. The van der Waals surface area contributed by atoms with E-state index >= 15 is 0 Å². The van der Waals surface area contributed by atoms with Gasteiger partial charge < -0.3 is 5.73 Å². The van der Waals surface area contributed by atoms with Gasteiger partial charge in [0.05, 0.1) is 10.7 Å². The van der Waals surface area contributed by atoms with Crippen LogP contribution in [-0.2, 0) is 10.0 Å². The molecule has 112 valence electrons. The molecule has 20 heavy (non-hydrogen) atoms. The van der Waals surface area contributed by atoms with Crippen LogP contribution in [0, 0.1) is 5.92 Å². The fraction of sp³-hybridized carbons (Fsp3) is 0.571. The standard InChI is InChI=1S/C14H21ClN2O2S/c1-10-4-2-5-11(9-8-10)17-20(18,19)14-12(15)6-3-7-13(14)16/h3,6-7,10-11,17H,2,4-5,8-9,16H2,1H3. The molecule has 2 rings (SSSR count). The Labute approximate surface area is 125 Å². The molecule has 1 aliphatic rings. The smallest absolute Gasteiger partial charge is 0.244 e. The third-order valence-corrected chi connectivity index (χ3v) is 5.91. The highest BCUT2D eigenvalue weighted by molar-refractivity contribution is 7.89. The van der Waals surface area contributed by atoms with Crippen molar-refractivity contribution in [2.75, 3.05) is 5.73 Å². The summed E-state index contributed by atoms with van der Waals surface area (Å²) < 4.78 is 27.7. The Morgan fingerprint density at radius 2 is 2.00 bits per heavy atom. The van der Waals surface area contributed by atoms with Crippen LogP contribution in [0.5, 0.6) is 0 Å². The molecule has 0 radical (unpaired) electrons. The summed E-state index contributed by atoms with van der Waals surface area (Å²) in [6.45, 7) is 2.21. The number of sulfonamides is 1. The Bertz CT molecular complexity index is 554. The van der Waals surface area contributed by atoms with Crippen molar-refractivity contribution >= 4 is 27.3 Å². The number of benzene rings is 1. The maximum Gasteiger partial charge on any atom is 0.244 e. The molecule has 1 aliphatic carbocycles. The van der Waals surface area contributed by atoms with Crippen molar-refractivity contribution in [3.63, 3.8) is 0 Å². The van der Waals surface area contributed by atoms with Gasteiger partial charge in [-0.05, 0) is 37.3 Å². The fourth-order valence-corrected chi connectivity index (χ4v) is 4.67. The second-order valence-corrected chi connectivity index (χ2v) is 7.65. The van der Waals surface area contributed by atoms with Gasteiger partial charge in [0, 0.05) is 6.04 Å². The highest BCUT2D eigenvalue weighted by atomic mass is 35.5. The number of hydrogen-bond donors (Lipinski definition) is 2. The highest BCUT2D eigenvalue weighted by Crippen LogP contribution is 2.29. The van der Waals surface area contributed by atoms with Crippen molar-refractivity contribution in [2.45, 2.75) is 50.0 Å². The van der Waals surface area contributed by atoms with Gasteiger partial charge in [-0.15, -0.1) is 0 Å². The minimum atomic E-state index is -3.66. The average Bonchev–Trinajstić information content (AvgIpc) is 2.53. The monoisotopic (exact) mass is 316 g/mol. The van der Waals surface area contributed by atoms with Gasteiger partial charge in [0.2, 0.25) is 10.0 Å². The lowest BCUT2D eigenvalue weighted by Crippen LogP contribution is -2.35. The van der Waals surface area contributed by atoms with Crippen molar-refractivity contribution in [1.82, 2.24) is 4.72 Å². The molecule has 0 saturated heterocycles. The molecule has 0 aromatic heterocycles. The van der Waals surface area contributed by atoms with Crippen molar-refractivity contribution in [2.24, 2.45) is 5.92 Å². The van der Waals surface area contributed by atoms with Crippen molar-refractivity contribution in [3.8, 4) is 0 Å². The van der Waals surface area contributed by atoms with E-state index in [0.717, 1.165) is 32.1 Å². The third kappa shape index (κ3) is 3.65. The molecule has 2 atom stereocenters. The summed E-state index contributed by atoms with van der Waals surface area (Å²) in [4.78, 5) is -0.000961. The largest absolute Gasteiger partial charge is 0.398 e. The second kappa shape index (κ2) is 6.33. The summed E-state index contributed by atoms with van der Waals surface area (Å²) in [5, 5.41) is 0.166. The predicted molar refractivity (Wildman–Crippen MR) is 82.2 cm³/mol. The van der Waals surface area contributed by atoms with Gasteiger partial charge in [-0.25, -0.2) is 13.1 Å². The van der Waals surface area contributed by atoms with Gasteiger partial charge >= 0.3 is 0 Å². The normalized spacial score (nSPS) is 24.3. The van der Waals surface area contributed by atoms with Crippen LogP contribution in [0.3, 0.4) is 0 Å². The van der Waals surface area contributed by atoms with Gasteiger partial charge in [0.15, 0.2) is 0 Å². The average molecular weight is 317 g/mol. The Hall–Kier alpha value is -0.780. The highest BCUT2D eigenvalue weighted by Gasteiger charge is 2.26. The van der Waals surface area contributed by atoms with Crippen LogP contribution in [0.15, 0.2) is 23.1 Å². The number of nitrogen functional groups attached to an aromatic ring is 1. The molecular weight excluding hydrogens is 296 g/mol. The lowest BCUT2D eigenvalue weighted by atomic mass is 10.0. The van der Waals surface area contributed by atoms with E-state index in [1.807, 2.05) is 0 Å². The maximum absolute atomic E-state index is 12.5. The van der Waals surface area contributed by atoms with E-state index in [-0.39, 0.29) is 21.6 Å². The molecule has 0 heterocycles. The second-order valence-electron chi connectivity index (χ2n) is 5.59. The summed E-state index contributed by atoms with van der Waals surface area (Å²) in [6, 6.07) is 4.71. The summed E-state index contributed by atoms with van der Waals surface area (Å²) in [5.41, 5.74) is 5.95. The molecule has 4 nitrogen and oxygen atoms in total. The first kappa shape index (κ1) is 15.6. The third-order valence-electron chi connectivity index (χ3n) is 3.85. The first-order chi connectivity index (χ1) is 9.40. The topological polar surface area (TPSA) is 72.2 Å². The van der Waals surface area contributed by atoms with E-state index in [1.165, 1.54) is 0 Å². The first-order valence-electron chi connectivity index (χ1n) is 6.96. The van der Waals surface area contributed by atoms with E-state index in [1.54, 1.807) is 18.2 Å². The van der Waals surface area contributed by atoms with Gasteiger partial charge in [0.1, 0.15) is 4.90 Å². The number of anilines is 1. The van der Waals surface area contributed by atoms with Gasteiger partial charge in [-0.1, -0.05) is 37.4 Å². The van der Waals surface area contributed by atoms with Crippen LogP contribution in [-0.4, -0.2) is 14.5 Å². The number of hydrogen-bond acceptors (Lipinski definition) is 3. The summed E-state index contributed by atoms with van der Waals surface area (Å²) >= 11 is 5.99. The molecule has 6 heteroatoms. The summed E-state index contributed by atoms with van der Waals surface area (Å²) in [6.07, 6.45) is 4.99. The van der Waals surface area contributed by atoms with E-state index in [4.69, 9.17) is 17.3 Å². The molecule has 0 bridgehead atoms. The first-order valence-corrected chi connectivity index (χ1v) is 8.82. The van der Waals surface area contributed by atoms with Crippen LogP contribution in [0.4, 0.5) is 5.69 Å². The quantitative estimate of drug-likeness (QED) is 0.664. The SMILES string of the molecule is CC1CCCC(NS(=O)(=O)c2c(N)cccc2Cl)CC1. The van der Waals surface area contributed by atoms with Crippen LogP contribution in [0.1, 0.15) is 39.0 Å². The van der Waals surface area contributed by atoms with Gasteiger partial charge in [-0.3, -0.25) is 0 Å². The Morgan fingerprint density at radius 3 is 2.70 bits per heavy atom. The Morgan fingerprint density at radius 1 is 1.25 bits per heavy atom. The molecular formula is C14H21ClN2O2S. The zero-order chi connectivity index (χ0) is 14.8. The zero-order valence-corrected chi connectivity index (χ0v) is 13.2. The van der Waals surface area contributed by atoms with Crippen LogP contribution < -0.4 is 10.5 Å². The molecule has 1 fully saturated rings. The van der Waals surface area contributed by atoms with Gasteiger partial charge in [0.25, 0.3) is 0 Å². The number of nitrogens with one attached hydrogen (secondary N) is 1. The lowest BCUT2D eigenvalue weighted by molar-refractivity contribution is 0.484. The van der Waals surface area contributed by atoms with Crippen LogP contribution >= 0.6 is 11.6 Å². The fourth-order valence-electron chi connectivity index (χ4n) is 2.69. The molecule has 1 aromatic carbocycles. The van der Waals surface area contributed by atoms with Crippen molar-refractivity contribution < 1.29 is 8.42 Å². The van der Waals surface area contributed by atoms with E-state index in [0.29, 0.717) is 5.92 Å². The molecule has 3 N–H and O–H groups in total. The molecule has 1 aromatic rings. The minimum absolute atomic E-state index is 0.000961. The zero-order valence-electron chi connectivity index (χ0n) is 11.6. The van der Waals surface area contributed by atoms with Crippen molar-refractivity contribution in [1.29, 1.82) is 0 Å². The van der Waals surface area contributed by atoms with E-state index < -0.39 is 10.0 Å².